The molecule has 0 bridgehead atoms. The van der Waals surface area contributed by atoms with Crippen LogP contribution < -0.4 is 5.32 Å². The Bertz CT molecular complexity index is 843. The van der Waals surface area contributed by atoms with E-state index in [0.717, 1.165) is 0 Å². The van der Waals surface area contributed by atoms with Crippen molar-refractivity contribution in [2.75, 3.05) is 12.3 Å². The predicted molar refractivity (Wildman–Crippen MR) is 83.4 cm³/mol. The van der Waals surface area contributed by atoms with Gasteiger partial charge in [0.15, 0.2) is 5.84 Å². The van der Waals surface area contributed by atoms with Crippen molar-refractivity contribution in [3.05, 3.63) is 59.6 Å². The quantitative estimate of drug-likeness (QED) is 0.892. The van der Waals surface area contributed by atoms with E-state index in [1.54, 1.807) is 29.3 Å². The molecule has 23 heavy (non-hydrogen) atoms. The number of sulfonamides is 1. The number of nitrogens with one attached hydrogen (secondary N) is 1. The van der Waals surface area contributed by atoms with Gasteiger partial charge in [0.05, 0.1) is 11.3 Å². The molecule has 1 aromatic rings. The zero-order valence-corrected chi connectivity index (χ0v) is 12.9. The Hall–Kier alpha value is -2.48. The number of hydrogen-bond donors (Lipinski definition) is 1. The Balaban J connectivity index is 1.77. The topological polar surface area (TPSA) is 78.8 Å². The fourth-order valence-electron chi connectivity index (χ4n) is 2.32. The summed E-state index contributed by atoms with van der Waals surface area (Å²) in [6.07, 6.45) is 4.85. The normalized spacial score (nSPS) is 18.7. The van der Waals surface area contributed by atoms with E-state index in [-0.39, 0.29) is 36.1 Å². The first-order valence-corrected chi connectivity index (χ1v) is 8.56. The molecule has 0 saturated heterocycles. The first kappa shape index (κ1) is 15.4. The second-order valence-electron chi connectivity index (χ2n) is 5.13. The molecule has 2 aliphatic rings. The van der Waals surface area contributed by atoms with Gasteiger partial charge in [0.1, 0.15) is 5.82 Å². The Morgan fingerprint density at radius 3 is 3.00 bits per heavy atom. The van der Waals surface area contributed by atoms with Crippen LogP contribution in [0.15, 0.2) is 52.6 Å². The van der Waals surface area contributed by atoms with Crippen molar-refractivity contribution in [2.45, 2.75) is 6.54 Å². The third-order valence-corrected chi connectivity index (χ3v) is 4.59. The summed E-state index contributed by atoms with van der Waals surface area (Å²) in [5, 5.41) is 2.65. The maximum absolute atomic E-state index is 13.1. The van der Waals surface area contributed by atoms with Gasteiger partial charge >= 0.3 is 0 Å². The average molecular weight is 335 g/mol. The van der Waals surface area contributed by atoms with Crippen LogP contribution in [0.1, 0.15) is 5.56 Å². The van der Waals surface area contributed by atoms with Gasteiger partial charge in [-0.15, -0.1) is 4.40 Å². The Morgan fingerprint density at radius 1 is 1.39 bits per heavy atom. The second-order valence-corrected chi connectivity index (χ2v) is 6.88. The number of hydrogen-bond acceptors (Lipinski definition) is 4. The van der Waals surface area contributed by atoms with Gasteiger partial charge in [-0.1, -0.05) is 12.1 Å². The number of nitrogens with zero attached hydrogens (tertiary/aromatic N) is 2. The number of amidine groups is 1. The van der Waals surface area contributed by atoms with Gasteiger partial charge < -0.3 is 10.2 Å². The molecule has 0 aromatic heterocycles. The van der Waals surface area contributed by atoms with Crippen LogP contribution in [0.5, 0.6) is 0 Å². The lowest BCUT2D eigenvalue weighted by molar-refractivity contribution is -0.117. The van der Waals surface area contributed by atoms with Crippen LogP contribution in [0.4, 0.5) is 4.39 Å². The third-order valence-electron chi connectivity index (χ3n) is 3.44. The van der Waals surface area contributed by atoms with E-state index in [0.29, 0.717) is 5.56 Å². The molecule has 0 unspecified atom stereocenters. The summed E-state index contributed by atoms with van der Waals surface area (Å²) in [6.45, 7) is 0.393. The third kappa shape index (κ3) is 3.48. The van der Waals surface area contributed by atoms with Crippen LogP contribution in [-0.2, 0) is 21.4 Å². The molecule has 0 radical (unpaired) electrons. The van der Waals surface area contributed by atoms with E-state index in [2.05, 4.69) is 9.71 Å². The predicted octanol–water partition coefficient (Wildman–Crippen LogP) is 0.939. The van der Waals surface area contributed by atoms with E-state index < -0.39 is 15.9 Å². The van der Waals surface area contributed by atoms with Crippen molar-refractivity contribution in [1.29, 1.82) is 0 Å². The summed E-state index contributed by atoms with van der Waals surface area (Å²) in [5.74, 6) is -0.806. The Kier molecular flexibility index (Phi) is 3.99. The summed E-state index contributed by atoms with van der Waals surface area (Å²) in [4.78, 5) is 13.9. The van der Waals surface area contributed by atoms with E-state index in [1.807, 2.05) is 0 Å². The zero-order chi connectivity index (χ0) is 16.4. The molecule has 1 N–H and O–H groups in total. The monoisotopic (exact) mass is 335 g/mol. The number of allylic oxidation sites excluding steroid dienone is 2. The fourth-order valence-corrected chi connectivity index (χ4v) is 3.30. The van der Waals surface area contributed by atoms with E-state index in [1.165, 1.54) is 18.2 Å². The number of rotatable bonds is 3. The van der Waals surface area contributed by atoms with Crippen LogP contribution in [0.25, 0.3) is 0 Å². The lowest BCUT2D eigenvalue weighted by Crippen LogP contribution is -2.42. The number of carbonyl (C=O) groups is 1. The maximum Gasteiger partial charge on any atom is 0.256 e. The van der Waals surface area contributed by atoms with Crippen LogP contribution in [-0.4, -0.2) is 37.4 Å². The SMILES string of the molecule is O=C(NCc1cccc(F)c1)C1=CC=CN2CCS(=O)(=O)N=C12. The summed E-state index contributed by atoms with van der Waals surface area (Å²) in [6, 6.07) is 5.88. The molecule has 120 valence electrons. The van der Waals surface area contributed by atoms with Crippen molar-refractivity contribution in [3.63, 3.8) is 0 Å². The molecular weight excluding hydrogens is 321 g/mol. The van der Waals surface area contributed by atoms with Crippen molar-refractivity contribution >= 4 is 21.8 Å². The van der Waals surface area contributed by atoms with Crippen LogP contribution in [0.3, 0.4) is 0 Å². The molecule has 1 aromatic carbocycles. The Morgan fingerprint density at radius 2 is 2.22 bits per heavy atom. The molecular formula is C15H14FN3O3S. The van der Waals surface area contributed by atoms with E-state index in [9.17, 15) is 17.6 Å². The highest BCUT2D eigenvalue weighted by molar-refractivity contribution is 7.90. The Labute approximate surface area is 133 Å². The first-order valence-electron chi connectivity index (χ1n) is 6.95. The minimum absolute atomic E-state index is 0.0843. The van der Waals surface area contributed by atoms with Crippen molar-refractivity contribution in [3.8, 4) is 0 Å². The van der Waals surface area contributed by atoms with Gasteiger partial charge in [-0.2, -0.15) is 0 Å². The molecule has 0 atom stereocenters. The van der Waals surface area contributed by atoms with E-state index >= 15 is 0 Å². The summed E-state index contributed by atoms with van der Waals surface area (Å²) in [7, 11) is -3.55. The number of amides is 1. The molecule has 3 rings (SSSR count). The molecule has 1 amide bonds. The van der Waals surface area contributed by atoms with Gasteiger partial charge in [-0.25, -0.2) is 12.8 Å². The molecule has 0 fully saturated rings. The number of fused-ring (bicyclic) bond motifs is 1. The summed E-state index contributed by atoms with van der Waals surface area (Å²) in [5.41, 5.74) is 0.785. The lowest BCUT2D eigenvalue weighted by atomic mass is 10.1. The fraction of sp³-hybridized carbons (Fsp3) is 0.200. The second kappa shape index (κ2) is 5.96. The molecule has 8 heteroatoms. The summed E-state index contributed by atoms with van der Waals surface area (Å²) < 4.78 is 40.1. The highest BCUT2D eigenvalue weighted by Gasteiger charge is 2.29. The van der Waals surface area contributed by atoms with Crippen molar-refractivity contribution in [2.24, 2.45) is 4.40 Å². The molecule has 6 nitrogen and oxygen atoms in total. The zero-order valence-electron chi connectivity index (χ0n) is 12.1. The van der Waals surface area contributed by atoms with Gasteiger partial charge in [0, 0.05) is 19.3 Å². The number of benzene rings is 1. The van der Waals surface area contributed by atoms with E-state index in [4.69, 9.17) is 0 Å². The van der Waals surface area contributed by atoms with Gasteiger partial charge in [-0.05, 0) is 29.8 Å². The van der Waals surface area contributed by atoms with Crippen molar-refractivity contribution in [1.82, 2.24) is 10.2 Å². The van der Waals surface area contributed by atoms with Crippen LogP contribution in [0, 0.1) is 5.82 Å². The number of carbonyl (C=O) groups excluding carboxylic acids is 1. The first-order chi connectivity index (χ1) is 10.9. The molecule has 0 aliphatic carbocycles. The molecule has 2 heterocycles. The van der Waals surface area contributed by atoms with Gasteiger partial charge in [0.2, 0.25) is 0 Å². The average Bonchev–Trinajstić information content (AvgIpc) is 2.51. The van der Waals surface area contributed by atoms with Crippen LogP contribution >= 0.6 is 0 Å². The molecule has 2 aliphatic heterocycles. The standard InChI is InChI=1S/C15H14FN3O3S/c16-12-4-1-3-11(9-12)10-17-15(20)13-5-2-6-19-7-8-23(21,22)18-14(13)19/h1-6,9H,7-8,10H2,(H,17,20). The smallest absolute Gasteiger partial charge is 0.256 e. The largest absolute Gasteiger partial charge is 0.348 e. The highest BCUT2D eigenvalue weighted by atomic mass is 32.2. The minimum atomic E-state index is -3.55. The molecule has 0 saturated carbocycles. The highest BCUT2D eigenvalue weighted by Crippen LogP contribution is 2.18. The maximum atomic E-state index is 13.1. The summed E-state index contributed by atoms with van der Waals surface area (Å²) >= 11 is 0. The van der Waals surface area contributed by atoms with Crippen molar-refractivity contribution < 1.29 is 17.6 Å². The number of halogens is 1. The minimum Gasteiger partial charge on any atom is -0.348 e. The lowest BCUT2D eigenvalue weighted by Gasteiger charge is -2.28. The van der Waals surface area contributed by atoms with Crippen LogP contribution in [0.2, 0.25) is 0 Å². The molecule has 0 spiro atoms. The van der Waals surface area contributed by atoms with Gasteiger partial charge in [0.25, 0.3) is 15.9 Å². The van der Waals surface area contributed by atoms with Gasteiger partial charge in [-0.3, -0.25) is 4.79 Å².